The minimum atomic E-state index is 0.641. The molecule has 96 heavy (non-hydrogen) atoms. The first-order chi connectivity index (χ1) is 47.4. The fraction of sp³-hybridized carbons (Fsp3) is 0.522. The lowest BCUT2D eigenvalue weighted by atomic mass is 9.77. The van der Waals surface area contributed by atoms with E-state index in [2.05, 4.69) is 185 Å². The molecule has 0 unspecified atom stereocenters. The van der Waals surface area contributed by atoms with Gasteiger partial charge in [0.1, 0.15) is 23.0 Å². The van der Waals surface area contributed by atoms with Gasteiger partial charge in [-0.25, -0.2) is 0 Å². The summed E-state index contributed by atoms with van der Waals surface area (Å²) in [5.41, 5.74) is 13.3. The quantitative estimate of drug-likeness (QED) is 0.0384. The third-order valence-electron chi connectivity index (χ3n) is 23.7. The minimum absolute atomic E-state index is 0.641. The lowest BCUT2D eigenvalue weighted by molar-refractivity contribution is 0.286. The molecule has 0 N–H and O–H groups in total. The van der Waals surface area contributed by atoms with E-state index in [1.165, 1.54) is 220 Å². The van der Waals surface area contributed by atoms with Gasteiger partial charge < -0.3 is 18.9 Å². The SMILES string of the molecule is CCCC1CCC(c2ccc(OCCCCCCOc3ccc4cc(-c5ccc(C6CCC(CCC)CC6)cc5)ccc4c3-c3c(OCCCCCCOc4ccc(C5CCC(CCC)CC5)cc4)ccc4cc(-c5ccc(C6CCC(CCC)CC6)cc5)ccc34)cc2)CC1. The van der Waals surface area contributed by atoms with Crippen molar-refractivity contribution in [3.8, 4) is 56.4 Å². The smallest absolute Gasteiger partial charge is 0.127 e. The van der Waals surface area contributed by atoms with Gasteiger partial charge in [0.2, 0.25) is 0 Å². The maximum Gasteiger partial charge on any atom is 0.127 e. The summed E-state index contributed by atoms with van der Waals surface area (Å²) in [6.45, 7) is 12.1. The first kappa shape index (κ1) is 69.4. The van der Waals surface area contributed by atoms with Gasteiger partial charge in [-0.1, -0.05) is 188 Å². The summed E-state index contributed by atoms with van der Waals surface area (Å²) < 4.78 is 26.8. The van der Waals surface area contributed by atoms with Gasteiger partial charge in [-0.15, -0.1) is 0 Å². The second-order valence-electron chi connectivity index (χ2n) is 30.4. The predicted molar refractivity (Wildman–Crippen MR) is 408 cm³/mol. The highest BCUT2D eigenvalue weighted by molar-refractivity contribution is 6.11. The monoisotopic (exact) mass is 1290 g/mol. The van der Waals surface area contributed by atoms with Crippen LogP contribution in [0, 0.1) is 23.7 Å². The first-order valence-corrected chi connectivity index (χ1v) is 39.5. The van der Waals surface area contributed by atoms with Crippen LogP contribution in [0.3, 0.4) is 0 Å². The Kier molecular flexibility index (Phi) is 25.9. The molecule has 4 nitrogen and oxygen atoms in total. The Morgan fingerprint density at radius 3 is 0.823 bits per heavy atom. The first-order valence-electron chi connectivity index (χ1n) is 39.5. The Balaban J connectivity index is 0.755. The molecule has 0 atom stereocenters. The van der Waals surface area contributed by atoms with Gasteiger partial charge in [-0.05, 0) is 316 Å². The van der Waals surface area contributed by atoms with Crippen LogP contribution in [0.5, 0.6) is 23.0 Å². The molecule has 0 spiro atoms. The molecule has 0 radical (unpaired) electrons. The van der Waals surface area contributed by atoms with Crippen molar-refractivity contribution in [2.45, 2.75) is 257 Å². The molecule has 4 aliphatic carbocycles. The molecule has 0 heterocycles. The predicted octanol–water partition coefficient (Wildman–Crippen LogP) is 27.3. The Morgan fingerprint density at radius 1 is 0.260 bits per heavy atom. The number of benzene rings is 8. The molecule has 510 valence electrons. The van der Waals surface area contributed by atoms with Crippen LogP contribution >= 0.6 is 0 Å². The molecule has 4 heteroatoms. The van der Waals surface area contributed by atoms with Crippen molar-refractivity contribution in [3.05, 3.63) is 180 Å². The Morgan fingerprint density at radius 2 is 0.531 bits per heavy atom. The highest BCUT2D eigenvalue weighted by atomic mass is 16.5. The van der Waals surface area contributed by atoms with E-state index in [0.717, 1.165) is 122 Å². The van der Waals surface area contributed by atoms with Gasteiger partial charge >= 0.3 is 0 Å². The zero-order valence-corrected chi connectivity index (χ0v) is 59.7. The average molecular weight is 1290 g/mol. The molecule has 4 saturated carbocycles. The number of unbranched alkanes of at least 4 members (excludes halogenated alkanes) is 6. The molecule has 4 aliphatic rings. The molecule has 8 aromatic carbocycles. The summed E-state index contributed by atoms with van der Waals surface area (Å²) >= 11 is 0. The highest BCUT2D eigenvalue weighted by Gasteiger charge is 2.27. The Hall–Kier alpha value is -6.52. The average Bonchev–Trinajstić information content (AvgIpc) is 0.754. The van der Waals surface area contributed by atoms with Gasteiger partial charge in [-0.3, -0.25) is 0 Å². The molecular weight excluding hydrogens is 1170 g/mol. The van der Waals surface area contributed by atoms with Crippen LogP contribution in [0.4, 0.5) is 0 Å². The van der Waals surface area contributed by atoms with E-state index < -0.39 is 0 Å². The van der Waals surface area contributed by atoms with Crippen LogP contribution in [0.2, 0.25) is 0 Å². The van der Waals surface area contributed by atoms with Crippen LogP contribution in [0.15, 0.2) is 158 Å². The summed E-state index contributed by atoms with van der Waals surface area (Å²) in [5.74, 6) is 10.3. The molecule has 0 saturated heterocycles. The van der Waals surface area contributed by atoms with Gasteiger partial charge in [0.05, 0.1) is 26.4 Å². The van der Waals surface area contributed by atoms with Crippen LogP contribution in [0.25, 0.3) is 54.9 Å². The largest absolute Gasteiger partial charge is 0.494 e. The van der Waals surface area contributed by atoms with Crippen LogP contribution < -0.4 is 18.9 Å². The van der Waals surface area contributed by atoms with Crippen molar-refractivity contribution in [3.63, 3.8) is 0 Å². The van der Waals surface area contributed by atoms with Crippen molar-refractivity contribution < 1.29 is 18.9 Å². The van der Waals surface area contributed by atoms with Crippen LogP contribution in [-0.4, -0.2) is 26.4 Å². The van der Waals surface area contributed by atoms with Gasteiger partial charge in [-0.2, -0.15) is 0 Å². The summed E-state index contributed by atoms with van der Waals surface area (Å²) in [6.07, 6.45) is 40.7. The molecule has 4 fully saturated rings. The second-order valence-corrected chi connectivity index (χ2v) is 30.4. The number of ether oxygens (including phenoxy) is 4. The van der Waals surface area contributed by atoms with Crippen molar-refractivity contribution in [2.75, 3.05) is 26.4 Å². The lowest BCUT2D eigenvalue weighted by Crippen LogP contribution is -2.13. The summed E-state index contributed by atoms with van der Waals surface area (Å²) in [5, 5.41) is 4.79. The van der Waals surface area contributed by atoms with Gasteiger partial charge in [0, 0.05) is 11.1 Å². The van der Waals surface area contributed by atoms with E-state index in [4.69, 9.17) is 18.9 Å². The van der Waals surface area contributed by atoms with Crippen LogP contribution in [0.1, 0.15) is 279 Å². The Bertz CT molecular complexity index is 3350. The van der Waals surface area contributed by atoms with Gasteiger partial charge in [0.15, 0.2) is 0 Å². The maximum atomic E-state index is 7.09. The molecular formula is C92H118O4. The summed E-state index contributed by atoms with van der Waals surface area (Å²) in [7, 11) is 0. The Labute approximate surface area is 580 Å². The fourth-order valence-electron chi connectivity index (χ4n) is 17.9. The van der Waals surface area contributed by atoms with E-state index >= 15 is 0 Å². The molecule has 8 aromatic rings. The van der Waals surface area contributed by atoms with Crippen molar-refractivity contribution >= 4 is 21.5 Å². The van der Waals surface area contributed by atoms with E-state index in [9.17, 15) is 0 Å². The van der Waals surface area contributed by atoms with Gasteiger partial charge in [0.25, 0.3) is 0 Å². The zero-order valence-electron chi connectivity index (χ0n) is 59.7. The van der Waals surface area contributed by atoms with Crippen LogP contribution in [-0.2, 0) is 0 Å². The highest BCUT2D eigenvalue weighted by Crippen LogP contribution is 2.49. The maximum absolute atomic E-state index is 7.09. The van der Waals surface area contributed by atoms with E-state index in [1.807, 2.05) is 0 Å². The molecule has 0 amide bonds. The normalized spacial score (nSPS) is 21.5. The van der Waals surface area contributed by atoms with E-state index in [1.54, 1.807) is 0 Å². The summed E-state index contributed by atoms with van der Waals surface area (Å²) in [4.78, 5) is 0. The topological polar surface area (TPSA) is 36.9 Å². The van der Waals surface area contributed by atoms with Crippen molar-refractivity contribution in [1.82, 2.24) is 0 Å². The van der Waals surface area contributed by atoms with E-state index in [-0.39, 0.29) is 0 Å². The number of hydrogen-bond donors (Lipinski definition) is 0. The third-order valence-corrected chi connectivity index (χ3v) is 23.7. The molecule has 0 aliphatic heterocycles. The minimum Gasteiger partial charge on any atom is -0.494 e. The molecule has 0 bridgehead atoms. The number of rotatable bonds is 33. The van der Waals surface area contributed by atoms with Crippen molar-refractivity contribution in [2.24, 2.45) is 23.7 Å². The fourth-order valence-corrected chi connectivity index (χ4v) is 17.9. The summed E-state index contributed by atoms with van der Waals surface area (Å²) in [6, 6.07) is 60.7. The molecule has 0 aromatic heterocycles. The zero-order chi connectivity index (χ0) is 65.7. The lowest BCUT2D eigenvalue weighted by Gasteiger charge is -2.28. The number of fused-ring (bicyclic) bond motifs is 2. The van der Waals surface area contributed by atoms with E-state index in [0.29, 0.717) is 36.9 Å². The standard InChI is InChI=1S/C92H118O4/c1-5-17-67-21-29-71(30-22-67)75-37-41-79(42-38-75)81-49-57-87-83(65-81)51-59-89(95-63-15-11-9-13-61-93-85-53-45-77(46-54-85)73-33-25-69(19-7-3)26-34-73)91(87)92-88-58-50-82(80-43-39-76(40-44-80)72-31-23-68(18-6-2)24-32-72)66-84(88)52-60-90(92)96-64-16-12-10-14-62-94-86-55-47-78(48-56-86)74-35-27-70(20-8-4)28-36-74/h37-60,65-74H,5-36,61-64H2,1-4H3. The van der Waals surface area contributed by atoms with Crippen molar-refractivity contribution in [1.29, 1.82) is 0 Å². The number of hydrogen-bond acceptors (Lipinski definition) is 4. The third kappa shape index (κ3) is 18.6. The second kappa shape index (κ2) is 35.8. The molecule has 12 rings (SSSR count).